The highest BCUT2D eigenvalue weighted by Crippen LogP contribution is 2.63. The molecule has 1 saturated heterocycles. The zero-order valence-corrected chi connectivity index (χ0v) is 22.8. The first-order valence-electron chi connectivity index (χ1n) is 13.5. The van der Waals surface area contributed by atoms with E-state index in [0.717, 1.165) is 12.8 Å². The molecule has 10 nitrogen and oxygen atoms in total. The number of hydrogen-bond acceptors (Lipinski definition) is 8. The summed E-state index contributed by atoms with van der Waals surface area (Å²) in [6.45, 7) is 3.59. The Kier molecular flexibility index (Phi) is 5.69. The summed E-state index contributed by atoms with van der Waals surface area (Å²) in [5.41, 5.74) is -1.47. The van der Waals surface area contributed by atoms with E-state index < -0.39 is 74.8 Å². The summed E-state index contributed by atoms with van der Waals surface area (Å²) in [5, 5.41) is -4.71. The van der Waals surface area contributed by atoms with Gasteiger partial charge in [0, 0.05) is 23.3 Å². The molecule has 8 unspecified atom stereocenters. The van der Waals surface area contributed by atoms with Crippen LogP contribution in [-0.2, 0) is 38.8 Å². The molecule has 1 aliphatic heterocycles. The molecule has 6 bridgehead atoms. The number of Topliss-reactive ketones (excluding diaryl/α,β-unsaturated/α-hetero) is 1. The number of esters is 2. The fourth-order valence-electron chi connectivity index (χ4n) is 9.14. The quantitative estimate of drug-likeness (QED) is 0.373. The average Bonchev–Trinajstić information content (AvgIpc) is 3.42. The minimum Gasteiger partial charge on any atom is -0.459 e. The van der Waals surface area contributed by atoms with Gasteiger partial charge >= 0.3 is 27.3 Å². The van der Waals surface area contributed by atoms with Gasteiger partial charge in [-0.25, -0.2) is 0 Å². The van der Waals surface area contributed by atoms with Crippen LogP contribution in [0.5, 0.6) is 0 Å². The topological polar surface area (TPSA) is 144 Å². The van der Waals surface area contributed by atoms with Crippen molar-refractivity contribution in [3.05, 3.63) is 0 Å². The average molecular weight is 574 g/mol. The predicted octanol–water partition coefficient (Wildman–Crippen LogP) is 2.21. The molecule has 13 heteroatoms. The third kappa shape index (κ3) is 3.81. The molecule has 8 atom stereocenters. The van der Waals surface area contributed by atoms with Crippen molar-refractivity contribution in [2.45, 2.75) is 82.2 Å². The van der Waals surface area contributed by atoms with Crippen LogP contribution in [0, 0.1) is 46.8 Å². The van der Waals surface area contributed by atoms with Crippen LogP contribution >= 0.6 is 0 Å². The summed E-state index contributed by atoms with van der Waals surface area (Å²) in [5.74, 6) is -4.87. The second-order valence-electron chi connectivity index (χ2n) is 13.6. The molecule has 6 aliphatic carbocycles. The Hall–Kier alpha value is -2.15. The number of fused-ring (bicyclic) bond motifs is 1. The SMILES string of the molecule is CC(C)(C)N1C(=O)C2C3CC(C(OC(=O)C45CC6CC(C4)C(=O)C(C6)C5)C31)C2C(=O)OCC(F)(F)S(=O)(=O)O. The second kappa shape index (κ2) is 8.20. The summed E-state index contributed by atoms with van der Waals surface area (Å²) in [7, 11) is -5.81. The monoisotopic (exact) mass is 573 g/mol. The van der Waals surface area contributed by atoms with Gasteiger partial charge in [0.05, 0.1) is 23.3 Å². The van der Waals surface area contributed by atoms with Gasteiger partial charge in [-0.15, -0.1) is 0 Å². The zero-order chi connectivity index (χ0) is 28.4. The Morgan fingerprint density at radius 1 is 1.05 bits per heavy atom. The largest absolute Gasteiger partial charge is 0.459 e. The molecule has 7 aliphatic rings. The number of halogens is 2. The van der Waals surface area contributed by atoms with Crippen molar-refractivity contribution in [3.63, 3.8) is 0 Å². The zero-order valence-electron chi connectivity index (χ0n) is 22.0. The Labute approximate surface area is 224 Å². The number of amides is 1. The van der Waals surface area contributed by atoms with E-state index in [0.29, 0.717) is 25.7 Å². The Balaban J connectivity index is 1.28. The van der Waals surface area contributed by atoms with Gasteiger partial charge in [-0.05, 0) is 71.1 Å². The van der Waals surface area contributed by atoms with Crippen LogP contribution in [-0.4, -0.2) is 71.0 Å². The van der Waals surface area contributed by atoms with Crippen LogP contribution in [0.15, 0.2) is 0 Å². The van der Waals surface area contributed by atoms with E-state index >= 15 is 0 Å². The number of ether oxygens (including phenoxy) is 2. The summed E-state index contributed by atoms with van der Waals surface area (Å²) in [4.78, 5) is 54.8. The van der Waals surface area contributed by atoms with Gasteiger partial charge in [0.2, 0.25) is 5.91 Å². The van der Waals surface area contributed by atoms with Crippen molar-refractivity contribution in [2.75, 3.05) is 6.61 Å². The Bertz CT molecular complexity index is 1240. The molecule has 1 amide bonds. The summed E-state index contributed by atoms with van der Waals surface area (Å²) >= 11 is 0. The van der Waals surface area contributed by atoms with E-state index in [1.54, 1.807) is 4.90 Å². The van der Waals surface area contributed by atoms with Crippen molar-refractivity contribution in [1.29, 1.82) is 0 Å². The van der Waals surface area contributed by atoms with Gasteiger partial charge in [0.15, 0.2) is 6.61 Å². The molecule has 1 N–H and O–H groups in total. The van der Waals surface area contributed by atoms with Crippen molar-refractivity contribution in [1.82, 2.24) is 4.90 Å². The number of carbonyl (C=O) groups is 4. The maximum atomic E-state index is 13.8. The number of likely N-dealkylation sites (tertiary alicyclic amines) is 1. The standard InChI is InChI=1S/C26H33F2NO9S/c1-24(2,3)29-18-14-6-15(17(16(14)21(29)31)22(32)37-10-26(27,28)39(34,35)36)20(18)38-23(33)25-7-11-4-12(8-25)19(30)13(5-11)9-25/h11-18,20H,4-10H2,1-3H3,(H,34,35,36). The van der Waals surface area contributed by atoms with E-state index in [4.69, 9.17) is 9.29 Å². The van der Waals surface area contributed by atoms with Gasteiger partial charge in [-0.2, -0.15) is 17.2 Å². The third-order valence-corrected chi connectivity index (χ3v) is 11.2. The fraction of sp³-hybridized carbons (Fsp3) is 0.846. The van der Waals surface area contributed by atoms with Crippen molar-refractivity contribution < 1.29 is 50.4 Å². The molecule has 0 radical (unpaired) electrons. The van der Waals surface area contributed by atoms with E-state index in [9.17, 15) is 36.4 Å². The lowest BCUT2D eigenvalue weighted by atomic mass is 9.49. The number of nitrogens with zero attached hydrogens (tertiary/aromatic N) is 1. The lowest BCUT2D eigenvalue weighted by Gasteiger charge is -2.54. The molecule has 7 fully saturated rings. The van der Waals surface area contributed by atoms with Crippen LogP contribution in [0.1, 0.15) is 59.3 Å². The van der Waals surface area contributed by atoms with Crippen molar-refractivity contribution in [3.8, 4) is 0 Å². The normalized spacial score (nSPS) is 42.4. The minimum atomic E-state index is -5.81. The molecule has 6 saturated carbocycles. The number of rotatable bonds is 6. The first-order chi connectivity index (χ1) is 17.9. The van der Waals surface area contributed by atoms with Crippen molar-refractivity contribution >= 4 is 33.7 Å². The molecule has 0 aromatic heterocycles. The highest BCUT2D eigenvalue weighted by atomic mass is 32.2. The predicted molar refractivity (Wildman–Crippen MR) is 127 cm³/mol. The first-order valence-corrected chi connectivity index (χ1v) is 15.0. The lowest BCUT2D eigenvalue weighted by Crippen LogP contribution is -2.57. The van der Waals surface area contributed by atoms with Gasteiger partial charge < -0.3 is 14.4 Å². The third-order valence-electron chi connectivity index (χ3n) is 10.3. The van der Waals surface area contributed by atoms with Gasteiger partial charge in [0.25, 0.3) is 0 Å². The smallest absolute Gasteiger partial charge is 0.402 e. The molecule has 39 heavy (non-hydrogen) atoms. The van der Waals surface area contributed by atoms with Gasteiger partial charge in [0.1, 0.15) is 11.9 Å². The van der Waals surface area contributed by atoms with Crippen molar-refractivity contribution in [2.24, 2.45) is 46.8 Å². The molecule has 0 spiro atoms. The highest BCUT2D eigenvalue weighted by molar-refractivity contribution is 7.86. The molecule has 7 rings (SSSR count). The highest BCUT2D eigenvalue weighted by Gasteiger charge is 2.73. The van der Waals surface area contributed by atoms with Crippen LogP contribution in [0.4, 0.5) is 8.78 Å². The van der Waals surface area contributed by atoms with Gasteiger partial charge in [-0.3, -0.25) is 23.7 Å². The second-order valence-corrected chi connectivity index (χ2v) is 15.1. The Morgan fingerprint density at radius 3 is 2.23 bits per heavy atom. The lowest BCUT2D eigenvalue weighted by molar-refractivity contribution is -0.187. The van der Waals surface area contributed by atoms with E-state index in [-0.39, 0.29) is 35.4 Å². The number of hydrogen-bond donors (Lipinski definition) is 1. The summed E-state index contributed by atoms with van der Waals surface area (Å²) < 4.78 is 69.2. The number of alkyl halides is 2. The maximum Gasteiger partial charge on any atom is 0.402 e. The molecule has 0 aromatic rings. The number of carbonyl (C=O) groups excluding carboxylic acids is 4. The van der Waals surface area contributed by atoms with E-state index in [1.165, 1.54) is 0 Å². The van der Waals surface area contributed by atoms with Crippen LogP contribution in [0.3, 0.4) is 0 Å². The summed E-state index contributed by atoms with van der Waals surface area (Å²) in [6, 6.07) is -0.490. The van der Waals surface area contributed by atoms with Gasteiger partial charge in [-0.1, -0.05) is 0 Å². The molecular formula is C26H33F2NO9S. The minimum absolute atomic E-state index is 0.153. The first kappa shape index (κ1) is 27.0. The van der Waals surface area contributed by atoms with E-state index in [2.05, 4.69) is 4.74 Å². The van der Waals surface area contributed by atoms with Crippen LogP contribution < -0.4 is 0 Å². The van der Waals surface area contributed by atoms with Crippen LogP contribution in [0.25, 0.3) is 0 Å². The fourth-order valence-corrected chi connectivity index (χ4v) is 9.35. The molecule has 1 heterocycles. The summed E-state index contributed by atoms with van der Waals surface area (Å²) in [6.07, 6.45) is 2.56. The van der Waals surface area contributed by atoms with E-state index in [1.807, 2.05) is 20.8 Å². The maximum absolute atomic E-state index is 13.8. The number of ketones is 1. The molecule has 216 valence electrons. The van der Waals surface area contributed by atoms with Crippen LogP contribution in [0.2, 0.25) is 0 Å². The molecule has 0 aromatic carbocycles. The molecular weight excluding hydrogens is 540 g/mol. The Morgan fingerprint density at radius 2 is 1.67 bits per heavy atom.